The zero-order chi connectivity index (χ0) is 21.1. The van der Waals surface area contributed by atoms with E-state index in [-0.39, 0.29) is 24.0 Å². The summed E-state index contributed by atoms with van der Waals surface area (Å²) in [6, 6.07) is 13.3. The molecule has 4 N–H and O–H groups in total. The molecule has 2 aromatic rings. The van der Waals surface area contributed by atoms with Crippen molar-refractivity contribution in [1.82, 2.24) is 10.6 Å². The maximum atomic E-state index is 11.2. The van der Waals surface area contributed by atoms with E-state index in [1.807, 2.05) is 32.0 Å². The zero-order valence-corrected chi connectivity index (χ0v) is 20.1. The van der Waals surface area contributed by atoms with Crippen LogP contribution < -0.4 is 21.1 Å². The van der Waals surface area contributed by atoms with Gasteiger partial charge >= 0.3 is 0 Å². The number of rotatable bonds is 10. The number of hydrogen-bond donors (Lipinski definition) is 3. The number of nitrogens with zero attached hydrogens (tertiary/aromatic N) is 1. The van der Waals surface area contributed by atoms with Crippen molar-refractivity contribution < 1.29 is 14.3 Å². The summed E-state index contributed by atoms with van der Waals surface area (Å²) in [6.45, 7) is 6.91. The number of methoxy groups -OCH3 is 1. The third kappa shape index (κ3) is 8.58. The molecule has 8 heteroatoms. The van der Waals surface area contributed by atoms with Gasteiger partial charge < -0.3 is 25.8 Å². The zero-order valence-electron chi connectivity index (χ0n) is 17.7. The molecule has 0 aliphatic rings. The van der Waals surface area contributed by atoms with Gasteiger partial charge in [0.05, 0.1) is 13.2 Å². The number of carbonyl (C=O) groups excluding carboxylic acids is 1. The molecule has 0 unspecified atom stereocenters. The highest BCUT2D eigenvalue weighted by molar-refractivity contribution is 14.0. The van der Waals surface area contributed by atoms with Gasteiger partial charge in [0.1, 0.15) is 12.4 Å². The van der Waals surface area contributed by atoms with E-state index in [2.05, 4.69) is 27.8 Å². The summed E-state index contributed by atoms with van der Waals surface area (Å²) < 4.78 is 10.9. The van der Waals surface area contributed by atoms with Gasteiger partial charge in [-0.05, 0) is 43.2 Å². The number of aliphatic imine (C=N–C) groups is 1. The monoisotopic (exact) mass is 526 g/mol. The minimum atomic E-state index is -0.434. The van der Waals surface area contributed by atoms with Gasteiger partial charge in [-0.1, -0.05) is 24.3 Å². The molecule has 0 saturated carbocycles. The van der Waals surface area contributed by atoms with Crippen molar-refractivity contribution in [1.29, 1.82) is 0 Å². The molecule has 164 valence electrons. The van der Waals surface area contributed by atoms with Crippen LogP contribution in [0, 0.1) is 6.92 Å². The summed E-state index contributed by atoms with van der Waals surface area (Å²) in [5, 5.41) is 6.58. The normalized spacial score (nSPS) is 10.8. The molecule has 0 aliphatic heterocycles. The SMILES string of the molecule is CCNC(=NCc1ccc(C(N)=O)cc1)NCc1ccc(C)cc1OCCOC.I. The smallest absolute Gasteiger partial charge is 0.248 e. The van der Waals surface area contributed by atoms with Crippen molar-refractivity contribution in [2.75, 3.05) is 26.9 Å². The van der Waals surface area contributed by atoms with Gasteiger partial charge in [-0.3, -0.25) is 4.79 Å². The van der Waals surface area contributed by atoms with Crippen LogP contribution in [0.2, 0.25) is 0 Å². The van der Waals surface area contributed by atoms with Crippen LogP contribution in [0.1, 0.15) is 34.0 Å². The lowest BCUT2D eigenvalue weighted by atomic mass is 10.1. The Kier molecular flexibility index (Phi) is 11.8. The topological polar surface area (TPSA) is 98.0 Å². The fraction of sp³-hybridized carbons (Fsp3) is 0.364. The first-order valence-corrected chi connectivity index (χ1v) is 9.65. The number of halogens is 1. The third-order valence-electron chi connectivity index (χ3n) is 4.22. The van der Waals surface area contributed by atoms with Gasteiger partial charge in [-0.2, -0.15) is 0 Å². The standard InChI is InChI=1S/C22H30N4O3.HI/c1-4-24-22(25-14-17-6-9-18(10-7-17)21(23)27)26-15-19-8-5-16(2)13-20(19)29-12-11-28-3;/h5-10,13H,4,11-12,14-15H2,1-3H3,(H2,23,27)(H2,24,25,26);1H. The molecule has 0 atom stereocenters. The summed E-state index contributed by atoms with van der Waals surface area (Å²) in [5.74, 6) is 1.11. The Morgan fingerprint density at radius 1 is 1.10 bits per heavy atom. The molecular formula is C22H31IN4O3. The van der Waals surface area contributed by atoms with Crippen molar-refractivity contribution in [3.63, 3.8) is 0 Å². The fourth-order valence-electron chi connectivity index (χ4n) is 2.64. The fourth-order valence-corrected chi connectivity index (χ4v) is 2.64. The highest BCUT2D eigenvalue weighted by atomic mass is 127. The minimum Gasteiger partial charge on any atom is -0.491 e. The van der Waals surface area contributed by atoms with Gasteiger partial charge in [-0.15, -0.1) is 24.0 Å². The van der Waals surface area contributed by atoms with Crippen molar-refractivity contribution >= 4 is 35.8 Å². The Balaban J connectivity index is 0.00000450. The van der Waals surface area contributed by atoms with E-state index >= 15 is 0 Å². The Morgan fingerprint density at radius 3 is 2.47 bits per heavy atom. The number of guanidine groups is 1. The van der Waals surface area contributed by atoms with E-state index in [1.165, 1.54) is 0 Å². The molecule has 2 aromatic carbocycles. The first-order valence-electron chi connectivity index (χ1n) is 9.65. The summed E-state index contributed by atoms with van der Waals surface area (Å²) in [7, 11) is 1.66. The van der Waals surface area contributed by atoms with Crippen LogP contribution >= 0.6 is 24.0 Å². The maximum Gasteiger partial charge on any atom is 0.248 e. The molecule has 0 radical (unpaired) electrons. The van der Waals surface area contributed by atoms with Crippen molar-refractivity contribution in [3.8, 4) is 5.75 Å². The second kappa shape index (κ2) is 13.8. The maximum absolute atomic E-state index is 11.2. The largest absolute Gasteiger partial charge is 0.491 e. The first-order chi connectivity index (χ1) is 14.0. The number of nitrogens with two attached hydrogens (primary N) is 1. The molecule has 0 aromatic heterocycles. The van der Waals surface area contributed by atoms with Gasteiger partial charge in [0.15, 0.2) is 5.96 Å². The van der Waals surface area contributed by atoms with Crippen LogP contribution in [0.5, 0.6) is 5.75 Å². The van der Waals surface area contributed by atoms with Crippen LogP contribution in [0.15, 0.2) is 47.5 Å². The highest BCUT2D eigenvalue weighted by Gasteiger charge is 2.06. The van der Waals surface area contributed by atoms with E-state index in [1.54, 1.807) is 19.2 Å². The molecule has 0 bridgehead atoms. The molecule has 0 aliphatic carbocycles. The Labute approximate surface area is 195 Å². The van der Waals surface area contributed by atoms with Gasteiger partial charge in [0.25, 0.3) is 0 Å². The lowest BCUT2D eigenvalue weighted by Gasteiger charge is -2.15. The van der Waals surface area contributed by atoms with Crippen molar-refractivity contribution in [2.24, 2.45) is 10.7 Å². The average Bonchev–Trinajstić information content (AvgIpc) is 2.71. The Morgan fingerprint density at radius 2 is 1.83 bits per heavy atom. The van der Waals surface area contributed by atoms with Crippen LogP contribution in [-0.4, -0.2) is 38.7 Å². The van der Waals surface area contributed by atoms with Crippen molar-refractivity contribution in [3.05, 3.63) is 64.7 Å². The van der Waals surface area contributed by atoms with E-state index in [0.29, 0.717) is 37.8 Å². The molecule has 0 fully saturated rings. The summed E-state index contributed by atoms with van der Waals surface area (Å²) in [4.78, 5) is 15.8. The van der Waals surface area contributed by atoms with E-state index in [9.17, 15) is 4.79 Å². The first kappa shape index (κ1) is 25.7. The molecule has 0 spiro atoms. The summed E-state index contributed by atoms with van der Waals surface area (Å²) >= 11 is 0. The van der Waals surface area contributed by atoms with Crippen LogP contribution in [0.3, 0.4) is 0 Å². The van der Waals surface area contributed by atoms with Crippen LogP contribution in [-0.2, 0) is 17.8 Å². The Bertz CT molecular complexity index is 826. The van der Waals surface area contributed by atoms with E-state index in [0.717, 1.165) is 29.0 Å². The third-order valence-corrected chi connectivity index (χ3v) is 4.22. The second-order valence-corrected chi connectivity index (χ2v) is 6.56. The van der Waals surface area contributed by atoms with E-state index < -0.39 is 5.91 Å². The van der Waals surface area contributed by atoms with Crippen molar-refractivity contribution in [2.45, 2.75) is 26.9 Å². The quantitative estimate of drug-likeness (QED) is 0.192. The number of aryl methyl sites for hydroxylation is 1. The number of carbonyl (C=O) groups is 1. The molecule has 2 rings (SSSR count). The Hall–Kier alpha value is -2.33. The van der Waals surface area contributed by atoms with Gasteiger partial charge in [-0.25, -0.2) is 4.99 Å². The van der Waals surface area contributed by atoms with Crippen LogP contribution in [0.4, 0.5) is 0 Å². The number of benzene rings is 2. The summed E-state index contributed by atoms with van der Waals surface area (Å²) in [6.07, 6.45) is 0. The number of nitrogens with one attached hydrogen (secondary N) is 2. The van der Waals surface area contributed by atoms with E-state index in [4.69, 9.17) is 15.2 Å². The lowest BCUT2D eigenvalue weighted by molar-refractivity contribution is 0.100. The van der Waals surface area contributed by atoms with Crippen LogP contribution in [0.25, 0.3) is 0 Å². The highest BCUT2D eigenvalue weighted by Crippen LogP contribution is 2.20. The average molecular weight is 526 g/mol. The molecule has 1 amide bonds. The molecule has 7 nitrogen and oxygen atoms in total. The summed E-state index contributed by atoms with van der Waals surface area (Å²) in [5.41, 5.74) is 8.94. The minimum absolute atomic E-state index is 0. The number of primary amides is 1. The van der Waals surface area contributed by atoms with Gasteiger partial charge in [0.2, 0.25) is 5.91 Å². The number of hydrogen-bond acceptors (Lipinski definition) is 4. The molecular weight excluding hydrogens is 495 g/mol. The second-order valence-electron chi connectivity index (χ2n) is 6.56. The number of amides is 1. The number of ether oxygens (including phenoxy) is 2. The predicted molar refractivity (Wildman–Crippen MR) is 131 cm³/mol. The molecule has 30 heavy (non-hydrogen) atoms. The van der Waals surface area contributed by atoms with Gasteiger partial charge in [0, 0.05) is 31.3 Å². The molecule has 0 heterocycles. The predicted octanol–water partition coefficient (Wildman–Crippen LogP) is 2.99. The lowest BCUT2D eigenvalue weighted by Crippen LogP contribution is -2.36. The molecule has 0 saturated heterocycles.